The molecule has 0 saturated heterocycles. The maximum Gasteiger partial charge on any atom is 0 e. The average Bonchev–Trinajstić information content (AvgIpc) is 0. The van der Waals surface area contributed by atoms with Crippen LogP contribution >= 0.6 is 0 Å². The number of hydrogen-bond donors (Lipinski definition) is 0. The van der Waals surface area contributed by atoms with Crippen LogP contribution < -0.4 is 0 Å². The van der Waals surface area contributed by atoms with E-state index in [9.17, 15) is 0 Å². The molecule has 0 nitrogen and oxygen atoms in total. The molecule has 0 aliphatic rings. The first-order chi connectivity index (χ1) is 0. The van der Waals surface area contributed by atoms with Gasteiger partial charge in [-0.15, -0.1) is 0 Å². The van der Waals surface area contributed by atoms with Gasteiger partial charge in [0.2, 0.25) is 0 Å². The maximum absolute atomic E-state index is 0. The molecule has 0 aromatic carbocycles. The molecule has 0 aliphatic heterocycles. The molecule has 8 radical (unpaired) electrons. The topological polar surface area (TPSA) is 0 Å². The van der Waals surface area contributed by atoms with E-state index in [4.69, 9.17) is 0 Å². The summed E-state index contributed by atoms with van der Waals surface area (Å²) in [4.78, 5) is 0. The van der Waals surface area contributed by atoms with E-state index < -0.39 is 0 Å². The molecule has 0 amide bonds. The molecule has 0 bridgehead atoms. The van der Waals surface area contributed by atoms with E-state index in [-0.39, 0.29) is 106 Å². The fourth-order valence-corrected chi connectivity index (χ4v) is 0. The maximum atomic E-state index is 0. The van der Waals surface area contributed by atoms with Crippen LogP contribution in [-0.4, -0.2) is 48.3 Å². The predicted molar refractivity (Wildman–Crippen MR) is 11.5 cm³/mol. The van der Waals surface area contributed by atoms with E-state index in [1.165, 1.54) is 0 Å². The molecule has 0 fully saturated rings. The average molecular weight is 440 g/mol. The fraction of sp³-hybridized carbons (Fsp3) is 0. The van der Waals surface area contributed by atoms with Crippen LogP contribution in [0.4, 0.5) is 0 Å². The van der Waals surface area contributed by atoms with Gasteiger partial charge >= 0.3 is 0 Å². The molecule has 0 aromatic rings. The van der Waals surface area contributed by atoms with Crippen LogP contribution in [0.1, 0.15) is 0 Å². The molecule has 0 aliphatic carbocycles. The second kappa shape index (κ2) is 16.1. The van der Waals surface area contributed by atoms with Gasteiger partial charge in [0.05, 0.1) is 0 Å². The van der Waals surface area contributed by atoms with Gasteiger partial charge in [0, 0.05) is 106 Å². The van der Waals surface area contributed by atoms with Gasteiger partial charge in [-0.2, -0.15) is 0 Å². The van der Waals surface area contributed by atoms with Crippen LogP contribution in [0.25, 0.3) is 0 Å². The van der Waals surface area contributed by atoms with E-state index >= 15 is 0 Å². The molecule has 0 unspecified atom stereocenters. The Kier molecular flexibility index (Phi) is 104. The van der Waals surface area contributed by atoms with E-state index in [1.807, 2.05) is 0 Å². The standard InChI is InChI=1S/Ni.Pr.Sb.Sn. The second-order valence-corrected chi connectivity index (χ2v) is 0. The quantitative estimate of drug-likeness (QED) is 0.435. The minimum Gasteiger partial charge on any atom is 0 e. The number of rotatable bonds is 0. The van der Waals surface area contributed by atoms with E-state index in [0.29, 0.717) is 0 Å². The molecule has 0 heterocycles. The molecule has 0 N–H and O–H groups in total. The normalized spacial score (nSPS) is 0. The summed E-state index contributed by atoms with van der Waals surface area (Å²) in [6.45, 7) is 0. The Morgan fingerprint density at radius 1 is 1.00 bits per heavy atom. The van der Waals surface area contributed by atoms with Crippen molar-refractivity contribution < 1.29 is 57.8 Å². The van der Waals surface area contributed by atoms with Gasteiger partial charge in [-0.25, -0.2) is 0 Å². The van der Waals surface area contributed by atoms with E-state index in [2.05, 4.69) is 0 Å². The van der Waals surface area contributed by atoms with Crippen molar-refractivity contribution in [1.82, 2.24) is 0 Å². The zero-order valence-corrected chi connectivity index (χ0v) is 11.9. The summed E-state index contributed by atoms with van der Waals surface area (Å²) < 4.78 is 0. The zero-order valence-electron chi connectivity index (χ0n) is 1.84. The van der Waals surface area contributed by atoms with Gasteiger partial charge in [-0.05, 0) is 0 Å². The minimum absolute atomic E-state index is 0. The molecule has 0 rings (SSSR count). The monoisotopic (exact) mass is 440 g/mol. The Morgan fingerprint density at radius 3 is 1.00 bits per heavy atom. The van der Waals surface area contributed by atoms with Gasteiger partial charge < -0.3 is 0 Å². The van der Waals surface area contributed by atoms with Crippen molar-refractivity contribution in [3.05, 3.63) is 0 Å². The minimum atomic E-state index is 0. The predicted octanol–water partition coefficient (Wildman–Crippen LogP) is -0.764. The Bertz CT molecular complexity index is 8.00. The third kappa shape index (κ3) is 9.08. The van der Waals surface area contributed by atoms with Crippen LogP contribution in [0.5, 0.6) is 0 Å². The SMILES string of the molecule is [Ni].[Pr].[Sb].[Sn]. The summed E-state index contributed by atoms with van der Waals surface area (Å²) in [6.07, 6.45) is 0. The van der Waals surface area contributed by atoms with Crippen LogP contribution in [0, 0.1) is 41.3 Å². The summed E-state index contributed by atoms with van der Waals surface area (Å²) >= 11 is 0. The van der Waals surface area contributed by atoms with Crippen molar-refractivity contribution in [2.24, 2.45) is 0 Å². The van der Waals surface area contributed by atoms with Crippen molar-refractivity contribution in [3.63, 3.8) is 0 Å². The Hall–Kier alpha value is 3.47. The first-order valence-corrected chi connectivity index (χ1v) is 0. The third-order valence-corrected chi connectivity index (χ3v) is 0. The van der Waals surface area contributed by atoms with Crippen molar-refractivity contribution in [3.8, 4) is 0 Å². The molecular weight excluding hydrogens is 440 g/mol. The summed E-state index contributed by atoms with van der Waals surface area (Å²) in [5.41, 5.74) is 0. The zero-order chi connectivity index (χ0) is 0. The molecule has 0 atom stereocenters. The number of hydrogen-bond acceptors (Lipinski definition) is 0. The molecule has 0 aromatic heterocycles. The van der Waals surface area contributed by atoms with Gasteiger partial charge in [0.15, 0.2) is 0 Å². The molecule has 0 spiro atoms. The summed E-state index contributed by atoms with van der Waals surface area (Å²) in [5, 5.41) is 0. The van der Waals surface area contributed by atoms with Crippen LogP contribution in [0.15, 0.2) is 0 Å². The van der Waals surface area contributed by atoms with Crippen molar-refractivity contribution in [2.45, 2.75) is 0 Å². The summed E-state index contributed by atoms with van der Waals surface area (Å²) in [7, 11) is 0. The molecular formula is NiPrSbSn. The Balaban J connectivity index is 0. The second-order valence-electron chi connectivity index (χ2n) is 0. The van der Waals surface area contributed by atoms with Gasteiger partial charge in [0.1, 0.15) is 0 Å². The first-order valence-electron chi connectivity index (χ1n) is 0. The summed E-state index contributed by atoms with van der Waals surface area (Å²) in [6, 6.07) is 0. The molecule has 22 valence electrons. The van der Waals surface area contributed by atoms with Crippen molar-refractivity contribution in [2.75, 3.05) is 0 Å². The Labute approximate surface area is 104 Å². The van der Waals surface area contributed by atoms with E-state index in [1.54, 1.807) is 0 Å². The Morgan fingerprint density at radius 2 is 1.00 bits per heavy atom. The smallest absolute Gasteiger partial charge is 0 e. The molecule has 0 saturated carbocycles. The third-order valence-electron chi connectivity index (χ3n) is 0. The van der Waals surface area contributed by atoms with Crippen LogP contribution in [0.2, 0.25) is 0 Å². The largest absolute Gasteiger partial charge is 0 e. The molecule has 4 heavy (non-hydrogen) atoms. The summed E-state index contributed by atoms with van der Waals surface area (Å²) in [5.74, 6) is 0. The van der Waals surface area contributed by atoms with Crippen molar-refractivity contribution in [1.29, 1.82) is 0 Å². The van der Waals surface area contributed by atoms with E-state index in [0.717, 1.165) is 0 Å². The first kappa shape index (κ1) is 26.0. The van der Waals surface area contributed by atoms with Gasteiger partial charge in [-0.1, -0.05) is 0 Å². The van der Waals surface area contributed by atoms with Gasteiger partial charge in [-0.3, -0.25) is 0 Å². The fourth-order valence-electron chi connectivity index (χ4n) is 0. The van der Waals surface area contributed by atoms with Crippen LogP contribution in [-0.2, 0) is 16.5 Å². The van der Waals surface area contributed by atoms with Crippen LogP contribution in [0.3, 0.4) is 0 Å². The molecule has 4 heteroatoms. The van der Waals surface area contributed by atoms with Crippen molar-refractivity contribution >= 4 is 48.3 Å². The van der Waals surface area contributed by atoms with Gasteiger partial charge in [0.25, 0.3) is 0 Å².